The zero-order valence-electron chi connectivity index (χ0n) is 61.9. The number of nitrogens with one attached hydrogen (secondary N) is 1. The Labute approximate surface area is 570 Å². The number of rotatable bonds is 79. The number of allylic oxidation sites excluding steroid dienone is 5. The van der Waals surface area contributed by atoms with Crippen molar-refractivity contribution in [1.29, 1.82) is 0 Å². The highest BCUT2D eigenvalue weighted by molar-refractivity contribution is 5.76. The number of carbonyl (C=O) groups excluding carboxylic acids is 2. The molecular formula is C85H163NO5. The van der Waals surface area contributed by atoms with Crippen LogP contribution in [0.3, 0.4) is 0 Å². The van der Waals surface area contributed by atoms with Gasteiger partial charge in [0.2, 0.25) is 5.91 Å². The van der Waals surface area contributed by atoms with Crippen LogP contribution in [0.25, 0.3) is 0 Å². The van der Waals surface area contributed by atoms with Gasteiger partial charge in [-0.05, 0) is 64.2 Å². The third kappa shape index (κ3) is 77.0. The summed E-state index contributed by atoms with van der Waals surface area (Å²) in [6, 6.07) is -0.628. The van der Waals surface area contributed by atoms with Crippen LogP contribution in [0.15, 0.2) is 36.5 Å². The lowest BCUT2D eigenvalue weighted by Crippen LogP contribution is -2.45. The normalized spacial score (nSPS) is 12.6. The van der Waals surface area contributed by atoms with Crippen LogP contribution >= 0.6 is 0 Å². The molecule has 6 nitrogen and oxygen atoms in total. The summed E-state index contributed by atoms with van der Waals surface area (Å²) in [4.78, 5) is 24.7. The average molecular weight is 1280 g/mol. The van der Waals surface area contributed by atoms with E-state index in [1.807, 2.05) is 6.08 Å². The van der Waals surface area contributed by atoms with Gasteiger partial charge in [0.1, 0.15) is 0 Å². The first kappa shape index (κ1) is 89.1. The Balaban J connectivity index is 3.39. The number of ether oxygens (including phenoxy) is 1. The molecule has 6 heteroatoms. The molecule has 0 bridgehead atoms. The number of carbonyl (C=O) groups is 2. The number of hydrogen-bond acceptors (Lipinski definition) is 5. The highest BCUT2D eigenvalue weighted by atomic mass is 16.5. The second-order valence-corrected chi connectivity index (χ2v) is 28.8. The number of aliphatic hydroxyl groups excluding tert-OH is 2. The smallest absolute Gasteiger partial charge is 0.305 e. The Morgan fingerprint density at radius 1 is 0.308 bits per heavy atom. The molecule has 2 atom stereocenters. The molecule has 3 N–H and O–H groups in total. The lowest BCUT2D eigenvalue weighted by Gasteiger charge is -2.20. The molecule has 0 aliphatic carbocycles. The molecule has 0 aliphatic heterocycles. The SMILES string of the molecule is CCCCCCCCCCCCCCCCCCCCCCCC/C=C/C(O)C(CO)NC(=O)CCCCCCCCCCCCCCCCCCC/C=C\C/C=C\CCCCCCCCCCCOC(=O)CCCCCCCCCCCCCCCCCCC. The van der Waals surface area contributed by atoms with E-state index < -0.39 is 12.1 Å². The van der Waals surface area contributed by atoms with Gasteiger partial charge in [0, 0.05) is 12.8 Å². The monoisotopic (exact) mass is 1280 g/mol. The number of amides is 1. The van der Waals surface area contributed by atoms with Crippen LogP contribution in [0.1, 0.15) is 470 Å². The van der Waals surface area contributed by atoms with Gasteiger partial charge in [0.05, 0.1) is 25.4 Å². The van der Waals surface area contributed by atoms with Crippen LogP contribution in [-0.4, -0.2) is 47.4 Å². The zero-order chi connectivity index (χ0) is 65.6. The van der Waals surface area contributed by atoms with Crippen LogP contribution in [0.4, 0.5) is 0 Å². The maximum Gasteiger partial charge on any atom is 0.305 e. The lowest BCUT2D eigenvalue weighted by molar-refractivity contribution is -0.143. The molecule has 1 amide bonds. The zero-order valence-corrected chi connectivity index (χ0v) is 61.9. The number of hydrogen-bond donors (Lipinski definition) is 3. The van der Waals surface area contributed by atoms with E-state index >= 15 is 0 Å². The Bertz CT molecular complexity index is 1470. The average Bonchev–Trinajstić information content (AvgIpc) is 3.64. The van der Waals surface area contributed by atoms with Gasteiger partial charge in [0.25, 0.3) is 0 Å². The van der Waals surface area contributed by atoms with Crippen LogP contribution in [0.5, 0.6) is 0 Å². The van der Waals surface area contributed by atoms with E-state index in [1.165, 1.54) is 398 Å². The first-order chi connectivity index (χ1) is 45.0. The molecule has 0 saturated carbocycles. The fraction of sp³-hybridized carbons (Fsp3) is 0.906. The van der Waals surface area contributed by atoms with Crippen molar-refractivity contribution < 1.29 is 24.5 Å². The van der Waals surface area contributed by atoms with Crippen molar-refractivity contribution in [3.8, 4) is 0 Å². The minimum Gasteiger partial charge on any atom is -0.466 e. The molecule has 0 radical (unpaired) electrons. The molecule has 0 spiro atoms. The van der Waals surface area contributed by atoms with Gasteiger partial charge in [-0.1, -0.05) is 429 Å². The van der Waals surface area contributed by atoms with Crippen LogP contribution in [-0.2, 0) is 14.3 Å². The van der Waals surface area contributed by atoms with E-state index in [1.54, 1.807) is 6.08 Å². The van der Waals surface area contributed by atoms with Crippen molar-refractivity contribution >= 4 is 11.9 Å². The molecule has 0 heterocycles. The third-order valence-electron chi connectivity index (χ3n) is 19.7. The third-order valence-corrected chi connectivity index (χ3v) is 19.7. The Morgan fingerprint density at radius 3 is 0.835 bits per heavy atom. The van der Waals surface area contributed by atoms with Crippen LogP contribution in [0.2, 0.25) is 0 Å². The van der Waals surface area contributed by atoms with E-state index in [0.717, 1.165) is 44.9 Å². The Kier molecular flexibility index (Phi) is 78.8. The Hall–Kier alpha value is -1.92. The first-order valence-corrected chi connectivity index (χ1v) is 41.8. The fourth-order valence-electron chi connectivity index (χ4n) is 13.3. The molecule has 538 valence electrons. The van der Waals surface area contributed by atoms with Gasteiger partial charge in [-0.15, -0.1) is 0 Å². The second-order valence-electron chi connectivity index (χ2n) is 28.8. The van der Waals surface area contributed by atoms with Crippen molar-refractivity contribution in [2.75, 3.05) is 13.2 Å². The van der Waals surface area contributed by atoms with Gasteiger partial charge in [-0.2, -0.15) is 0 Å². The molecule has 0 aromatic heterocycles. The summed E-state index contributed by atoms with van der Waals surface area (Å²) in [7, 11) is 0. The van der Waals surface area contributed by atoms with Crippen LogP contribution < -0.4 is 5.32 Å². The van der Waals surface area contributed by atoms with E-state index in [9.17, 15) is 19.8 Å². The van der Waals surface area contributed by atoms with E-state index in [0.29, 0.717) is 19.4 Å². The van der Waals surface area contributed by atoms with Crippen molar-refractivity contribution in [1.82, 2.24) is 5.32 Å². The van der Waals surface area contributed by atoms with Gasteiger partial charge < -0.3 is 20.3 Å². The summed E-state index contributed by atoms with van der Waals surface area (Å²) in [5, 5.41) is 23.3. The van der Waals surface area contributed by atoms with Gasteiger partial charge in [-0.3, -0.25) is 9.59 Å². The quantitative estimate of drug-likeness (QED) is 0.0320. The standard InChI is InChI=1S/C85H163NO5/c1-3-5-7-9-11-13-15-17-19-21-22-23-24-36-39-42-46-49-53-57-61-65-69-73-77-83(88)82(81-87)86-84(89)78-74-70-66-62-58-54-50-47-43-40-37-34-32-30-28-26-25-27-29-31-33-35-38-41-44-48-52-56-60-64-68-72-76-80-91-85(90)79-75-71-67-63-59-55-51-45-20-18-16-14-12-10-8-6-4-2/h29,31,35,38,73,77,82-83,87-88H,3-28,30,32-34,36-37,39-72,74-76,78-81H2,1-2H3,(H,86,89)/b31-29-,38-35-,77-73+. The summed E-state index contributed by atoms with van der Waals surface area (Å²) < 4.78 is 5.51. The topological polar surface area (TPSA) is 95.9 Å². The molecule has 0 aromatic rings. The lowest BCUT2D eigenvalue weighted by atomic mass is 10.0. The Morgan fingerprint density at radius 2 is 0.549 bits per heavy atom. The van der Waals surface area contributed by atoms with E-state index in [4.69, 9.17) is 4.74 Å². The molecule has 0 saturated heterocycles. The number of unbranched alkanes of at least 4 members (excludes halogenated alkanes) is 64. The van der Waals surface area contributed by atoms with Gasteiger partial charge >= 0.3 is 5.97 Å². The van der Waals surface area contributed by atoms with Gasteiger partial charge in [0.15, 0.2) is 0 Å². The first-order valence-electron chi connectivity index (χ1n) is 41.8. The number of esters is 1. The van der Waals surface area contributed by atoms with E-state index in [-0.39, 0.29) is 18.5 Å². The molecular weight excluding hydrogens is 1110 g/mol. The molecule has 0 rings (SSSR count). The largest absolute Gasteiger partial charge is 0.466 e. The van der Waals surface area contributed by atoms with E-state index in [2.05, 4.69) is 43.5 Å². The van der Waals surface area contributed by atoms with Crippen molar-refractivity contribution in [2.45, 2.75) is 482 Å². The minimum atomic E-state index is -0.845. The van der Waals surface area contributed by atoms with Crippen molar-refractivity contribution in [3.05, 3.63) is 36.5 Å². The van der Waals surface area contributed by atoms with Crippen molar-refractivity contribution in [3.63, 3.8) is 0 Å². The molecule has 0 aromatic carbocycles. The maximum atomic E-state index is 12.6. The second kappa shape index (κ2) is 80.5. The highest BCUT2D eigenvalue weighted by Gasteiger charge is 2.18. The molecule has 0 aliphatic rings. The maximum absolute atomic E-state index is 12.6. The summed E-state index contributed by atoms with van der Waals surface area (Å²) in [6.07, 6.45) is 106. The highest BCUT2D eigenvalue weighted by Crippen LogP contribution is 2.20. The number of aliphatic hydroxyl groups is 2. The van der Waals surface area contributed by atoms with Crippen molar-refractivity contribution in [2.24, 2.45) is 0 Å². The van der Waals surface area contributed by atoms with Crippen LogP contribution in [0, 0.1) is 0 Å². The molecule has 91 heavy (non-hydrogen) atoms. The summed E-state index contributed by atoms with van der Waals surface area (Å²) in [5.41, 5.74) is 0. The summed E-state index contributed by atoms with van der Waals surface area (Å²) >= 11 is 0. The minimum absolute atomic E-state index is 0.0189. The van der Waals surface area contributed by atoms with Gasteiger partial charge in [-0.25, -0.2) is 0 Å². The summed E-state index contributed by atoms with van der Waals surface area (Å²) in [5.74, 6) is -0.0420. The summed E-state index contributed by atoms with van der Waals surface area (Å²) in [6.45, 7) is 4.96. The fourth-order valence-corrected chi connectivity index (χ4v) is 13.3. The molecule has 0 fully saturated rings. The molecule has 2 unspecified atom stereocenters. The predicted molar refractivity (Wildman–Crippen MR) is 403 cm³/mol. The predicted octanol–water partition coefficient (Wildman–Crippen LogP) is 27.8.